The molecule has 5 rings (SSSR count). The fourth-order valence-corrected chi connectivity index (χ4v) is 5.51. The molecule has 3 aliphatic rings. The van der Waals surface area contributed by atoms with E-state index in [1.807, 2.05) is 18.2 Å². The molecule has 0 radical (unpaired) electrons. The van der Waals surface area contributed by atoms with Crippen LogP contribution in [0.4, 0.5) is 4.39 Å². The minimum Gasteiger partial charge on any atom is -0.483 e. The fourth-order valence-electron chi connectivity index (χ4n) is 5.51. The van der Waals surface area contributed by atoms with Crippen LogP contribution in [0.3, 0.4) is 0 Å². The summed E-state index contributed by atoms with van der Waals surface area (Å²) < 4.78 is 20.1. The van der Waals surface area contributed by atoms with Crippen LogP contribution >= 0.6 is 0 Å². The molecule has 0 aliphatic carbocycles. The Morgan fingerprint density at radius 2 is 2.12 bits per heavy atom. The van der Waals surface area contributed by atoms with Crippen LogP contribution in [0.2, 0.25) is 0 Å². The second-order valence-electron chi connectivity index (χ2n) is 9.53. The van der Waals surface area contributed by atoms with Crippen molar-refractivity contribution in [3.63, 3.8) is 0 Å². The second kappa shape index (κ2) is 9.12. The number of benzene rings is 2. The summed E-state index contributed by atoms with van der Waals surface area (Å²) in [5, 5.41) is 16.0. The molecule has 2 saturated heterocycles. The third-order valence-electron chi connectivity index (χ3n) is 7.08. The molecule has 3 atom stereocenters. The first kappa shape index (κ1) is 21.9. The Bertz CT molecular complexity index is 1080. The number of carbonyl (C=O) groups excluding carboxylic acids is 1. The van der Waals surface area contributed by atoms with E-state index in [2.05, 4.69) is 27.7 Å². The van der Waals surface area contributed by atoms with E-state index < -0.39 is 11.4 Å². The molecule has 7 heteroatoms. The van der Waals surface area contributed by atoms with Crippen LogP contribution in [0, 0.1) is 17.1 Å². The lowest BCUT2D eigenvalue weighted by molar-refractivity contribution is -0.00853. The number of nitrogens with one attached hydrogen (secondary N) is 2. The quantitative estimate of drug-likeness (QED) is 0.751. The topological polar surface area (TPSA) is 77.4 Å². The molecule has 172 valence electrons. The molecule has 0 aromatic heterocycles. The van der Waals surface area contributed by atoms with Gasteiger partial charge in [-0.05, 0) is 74.5 Å². The average Bonchev–Trinajstić information content (AvgIpc) is 2.96. The Labute approximate surface area is 193 Å². The first-order valence-corrected chi connectivity index (χ1v) is 11.8. The van der Waals surface area contributed by atoms with Crippen LogP contribution < -0.4 is 15.4 Å². The molecule has 2 aromatic rings. The Kier molecular flexibility index (Phi) is 6.05. The van der Waals surface area contributed by atoms with Gasteiger partial charge in [0, 0.05) is 25.2 Å². The summed E-state index contributed by atoms with van der Waals surface area (Å²) in [6, 6.07) is 14.9. The van der Waals surface area contributed by atoms with Crippen LogP contribution in [0.25, 0.3) is 0 Å². The maximum Gasteiger partial charge on any atom is 0.255 e. The van der Waals surface area contributed by atoms with Crippen LogP contribution in [0.15, 0.2) is 42.5 Å². The predicted octanol–water partition coefficient (Wildman–Crippen LogP) is 3.54. The van der Waals surface area contributed by atoms with E-state index in [1.54, 1.807) is 6.07 Å². The number of hydrogen-bond donors (Lipinski definition) is 2. The summed E-state index contributed by atoms with van der Waals surface area (Å²) in [6.07, 6.45) is 5.15. The number of amides is 1. The number of likely N-dealkylation sites (tertiary alicyclic amines) is 1. The summed E-state index contributed by atoms with van der Waals surface area (Å²) in [6.45, 7) is 3.03. The van der Waals surface area contributed by atoms with Crippen molar-refractivity contribution in [3.8, 4) is 11.8 Å². The van der Waals surface area contributed by atoms with Crippen molar-refractivity contribution >= 4 is 5.91 Å². The van der Waals surface area contributed by atoms with Crippen molar-refractivity contribution < 1.29 is 13.9 Å². The van der Waals surface area contributed by atoms with E-state index in [1.165, 1.54) is 17.7 Å². The summed E-state index contributed by atoms with van der Waals surface area (Å²) in [4.78, 5) is 14.9. The Balaban J connectivity index is 1.27. The molecule has 0 bridgehead atoms. The summed E-state index contributed by atoms with van der Waals surface area (Å²) >= 11 is 0. The largest absolute Gasteiger partial charge is 0.483 e. The number of piperidine rings is 2. The zero-order valence-electron chi connectivity index (χ0n) is 18.6. The van der Waals surface area contributed by atoms with E-state index in [0.717, 1.165) is 51.7 Å². The smallest absolute Gasteiger partial charge is 0.255 e. The number of carbonyl (C=O) groups is 1. The number of rotatable bonds is 3. The van der Waals surface area contributed by atoms with Gasteiger partial charge in [-0.1, -0.05) is 12.1 Å². The SMILES string of the molecule is N#Cc1cccc(C2CCCC(CN3CCC[C@@]4(CNC(=O)c5cc(F)ccc5O4)C3)N2)c1. The molecule has 2 fully saturated rings. The number of nitrogens with zero attached hydrogens (tertiary/aromatic N) is 2. The molecule has 2 unspecified atom stereocenters. The molecule has 33 heavy (non-hydrogen) atoms. The van der Waals surface area contributed by atoms with Crippen LogP contribution in [0.5, 0.6) is 5.75 Å². The van der Waals surface area contributed by atoms with E-state index in [0.29, 0.717) is 23.9 Å². The van der Waals surface area contributed by atoms with Crippen molar-refractivity contribution in [1.29, 1.82) is 5.26 Å². The number of hydrogen-bond acceptors (Lipinski definition) is 5. The van der Waals surface area contributed by atoms with Gasteiger partial charge in [0.25, 0.3) is 5.91 Å². The number of fused-ring (bicyclic) bond motifs is 1. The highest BCUT2D eigenvalue weighted by atomic mass is 19.1. The third-order valence-corrected chi connectivity index (χ3v) is 7.08. The Morgan fingerprint density at radius 3 is 3.00 bits per heavy atom. The van der Waals surface area contributed by atoms with E-state index in [-0.39, 0.29) is 17.5 Å². The predicted molar refractivity (Wildman–Crippen MR) is 122 cm³/mol. The molecule has 2 aromatic carbocycles. The molecular formula is C26H29FN4O2. The molecule has 0 saturated carbocycles. The highest BCUT2D eigenvalue weighted by Crippen LogP contribution is 2.33. The van der Waals surface area contributed by atoms with Crippen molar-refractivity contribution in [1.82, 2.24) is 15.5 Å². The Morgan fingerprint density at radius 1 is 1.21 bits per heavy atom. The molecule has 1 spiro atoms. The molecule has 3 aliphatic heterocycles. The number of nitriles is 1. The maximum absolute atomic E-state index is 13.7. The lowest BCUT2D eigenvalue weighted by Crippen LogP contribution is -2.58. The third kappa shape index (κ3) is 4.73. The fraction of sp³-hybridized carbons (Fsp3) is 0.462. The maximum atomic E-state index is 13.7. The summed E-state index contributed by atoms with van der Waals surface area (Å²) in [5.41, 5.74) is 1.63. The molecule has 3 heterocycles. The van der Waals surface area contributed by atoms with Crippen LogP contribution in [-0.2, 0) is 0 Å². The van der Waals surface area contributed by atoms with E-state index in [9.17, 15) is 14.4 Å². The molecule has 6 nitrogen and oxygen atoms in total. The minimum absolute atomic E-state index is 0.256. The standard InChI is InChI=1S/C26H29FN4O2/c27-20-8-9-24-22(13-20)25(32)29-16-26(33-24)10-3-11-31(17-26)15-21-6-2-7-23(30-21)19-5-1-4-18(12-19)14-28/h1,4-5,8-9,12-13,21,23,30H,2-3,6-7,10-11,15-17H2,(H,29,32)/t21?,23?,26-/m1/s1. The average molecular weight is 449 g/mol. The van der Waals surface area contributed by atoms with E-state index in [4.69, 9.17) is 4.74 Å². The normalized spacial score (nSPS) is 27.7. The number of halogens is 1. The molecule has 2 N–H and O–H groups in total. The van der Waals surface area contributed by atoms with Crippen LogP contribution in [-0.4, -0.2) is 48.6 Å². The van der Waals surface area contributed by atoms with Gasteiger partial charge in [0.1, 0.15) is 17.2 Å². The minimum atomic E-state index is -0.508. The zero-order valence-corrected chi connectivity index (χ0v) is 18.6. The summed E-state index contributed by atoms with van der Waals surface area (Å²) in [7, 11) is 0. The van der Waals surface area contributed by atoms with Gasteiger partial charge in [-0.25, -0.2) is 4.39 Å². The van der Waals surface area contributed by atoms with Gasteiger partial charge in [0.2, 0.25) is 0 Å². The lowest BCUT2D eigenvalue weighted by Gasteiger charge is -2.44. The first-order chi connectivity index (χ1) is 16.0. The van der Waals surface area contributed by atoms with Gasteiger partial charge in [0.05, 0.1) is 23.7 Å². The van der Waals surface area contributed by atoms with Crippen molar-refractivity contribution in [2.75, 3.05) is 26.2 Å². The van der Waals surface area contributed by atoms with Gasteiger partial charge in [-0.2, -0.15) is 5.26 Å². The van der Waals surface area contributed by atoms with Crippen molar-refractivity contribution in [2.24, 2.45) is 0 Å². The highest BCUT2D eigenvalue weighted by molar-refractivity contribution is 5.97. The highest BCUT2D eigenvalue weighted by Gasteiger charge is 2.41. The van der Waals surface area contributed by atoms with Gasteiger partial charge in [0.15, 0.2) is 0 Å². The summed E-state index contributed by atoms with van der Waals surface area (Å²) in [5.74, 6) is -0.261. The second-order valence-corrected chi connectivity index (χ2v) is 9.53. The van der Waals surface area contributed by atoms with Gasteiger partial charge in [-0.15, -0.1) is 0 Å². The Hall–Kier alpha value is -2.95. The van der Waals surface area contributed by atoms with E-state index >= 15 is 0 Å². The monoisotopic (exact) mass is 448 g/mol. The van der Waals surface area contributed by atoms with Gasteiger partial charge in [-0.3, -0.25) is 9.69 Å². The van der Waals surface area contributed by atoms with Crippen molar-refractivity contribution in [3.05, 3.63) is 65.0 Å². The zero-order chi connectivity index (χ0) is 22.8. The lowest BCUT2D eigenvalue weighted by atomic mass is 9.90. The van der Waals surface area contributed by atoms with Gasteiger partial charge >= 0.3 is 0 Å². The number of ether oxygens (including phenoxy) is 1. The molecule has 1 amide bonds. The first-order valence-electron chi connectivity index (χ1n) is 11.8. The molecular weight excluding hydrogens is 419 g/mol. The van der Waals surface area contributed by atoms with Gasteiger partial charge < -0.3 is 15.4 Å². The van der Waals surface area contributed by atoms with Crippen LogP contribution in [0.1, 0.15) is 59.6 Å². The van der Waals surface area contributed by atoms with Crippen molar-refractivity contribution in [2.45, 2.75) is 49.8 Å².